The number of halogens is 4. The van der Waals surface area contributed by atoms with Crippen LogP contribution in [0.3, 0.4) is 0 Å². The number of nitrogens with one attached hydrogen (secondary N) is 1. The van der Waals surface area contributed by atoms with Gasteiger partial charge in [0.1, 0.15) is 28.2 Å². The summed E-state index contributed by atoms with van der Waals surface area (Å²) in [4.78, 5) is 12.4. The first-order valence-corrected chi connectivity index (χ1v) is 11.9. The number of fused-ring (bicyclic) bond motifs is 1. The molecule has 3 heterocycles. The summed E-state index contributed by atoms with van der Waals surface area (Å²) in [5, 5.41) is 3.31. The summed E-state index contributed by atoms with van der Waals surface area (Å²) in [7, 11) is 1.27. The zero-order chi connectivity index (χ0) is 27.3. The molecule has 1 aliphatic heterocycles. The highest BCUT2D eigenvalue weighted by atomic mass is 19.3. The van der Waals surface area contributed by atoms with Gasteiger partial charge >= 0.3 is 6.01 Å². The zero-order valence-corrected chi connectivity index (χ0v) is 21.3. The Balaban J connectivity index is 2.00. The first kappa shape index (κ1) is 26.6. The van der Waals surface area contributed by atoms with E-state index in [1.807, 2.05) is 6.92 Å². The second-order valence-corrected chi connectivity index (χ2v) is 9.65. The summed E-state index contributed by atoms with van der Waals surface area (Å²) >= 11 is 0. The molecule has 1 aliphatic rings. The molecule has 0 aliphatic carbocycles. The maximum absolute atomic E-state index is 16.0. The summed E-state index contributed by atoms with van der Waals surface area (Å²) in [5.41, 5.74) is 8.95. The van der Waals surface area contributed by atoms with Crippen molar-refractivity contribution in [3.8, 4) is 23.1 Å². The van der Waals surface area contributed by atoms with Gasteiger partial charge in [0.05, 0.1) is 18.9 Å². The lowest BCUT2D eigenvalue weighted by atomic mass is 9.85. The van der Waals surface area contributed by atoms with Gasteiger partial charge in [0.25, 0.3) is 5.92 Å². The smallest absolute Gasteiger partial charge is 0.318 e. The minimum Gasteiger partial charge on any atom is -0.474 e. The number of pyridine rings is 1. The van der Waals surface area contributed by atoms with Crippen molar-refractivity contribution in [2.24, 2.45) is 0 Å². The molecule has 1 fully saturated rings. The van der Waals surface area contributed by atoms with Gasteiger partial charge in [0.15, 0.2) is 5.82 Å². The topological polar surface area (TPSA) is 121 Å². The van der Waals surface area contributed by atoms with E-state index in [4.69, 9.17) is 20.9 Å². The molecule has 1 aromatic carbocycles. The number of anilines is 2. The second-order valence-electron chi connectivity index (χ2n) is 9.65. The van der Waals surface area contributed by atoms with Gasteiger partial charge in [-0.1, -0.05) is 6.92 Å². The van der Waals surface area contributed by atoms with Crippen LogP contribution in [0.1, 0.15) is 51.2 Å². The largest absolute Gasteiger partial charge is 0.474 e. The fourth-order valence-corrected chi connectivity index (χ4v) is 4.75. The van der Waals surface area contributed by atoms with E-state index in [1.54, 1.807) is 6.92 Å². The molecule has 2 atom stereocenters. The first-order valence-electron chi connectivity index (χ1n) is 11.9. The molecule has 0 spiro atoms. The number of hydrogen-bond donors (Lipinski definition) is 3. The van der Waals surface area contributed by atoms with E-state index in [9.17, 15) is 4.39 Å². The summed E-state index contributed by atoms with van der Waals surface area (Å²) in [5.74, 6) is -5.89. The molecule has 37 heavy (non-hydrogen) atoms. The van der Waals surface area contributed by atoms with Gasteiger partial charge in [-0.3, -0.25) is 0 Å². The highest BCUT2D eigenvalue weighted by Gasteiger charge is 2.38. The Hall–Kier alpha value is -3.41. The summed E-state index contributed by atoms with van der Waals surface area (Å²) < 4.78 is 72.0. The number of nitrogen functional groups attached to an aromatic ring is 2. The lowest BCUT2D eigenvalue weighted by molar-refractivity contribution is -0.00863. The van der Waals surface area contributed by atoms with Gasteiger partial charge in [-0.25, -0.2) is 22.5 Å². The zero-order valence-electron chi connectivity index (χ0n) is 21.3. The van der Waals surface area contributed by atoms with Crippen molar-refractivity contribution in [3.05, 3.63) is 28.8 Å². The lowest BCUT2D eigenvalue weighted by Crippen LogP contribution is -2.56. The molecule has 0 saturated carbocycles. The van der Waals surface area contributed by atoms with Gasteiger partial charge in [-0.05, 0) is 45.4 Å². The van der Waals surface area contributed by atoms with Gasteiger partial charge in [-0.15, -0.1) is 0 Å². The quantitative estimate of drug-likeness (QED) is 0.283. The highest BCUT2D eigenvalue weighted by molar-refractivity contribution is 5.96. The summed E-state index contributed by atoms with van der Waals surface area (Å²) in [6, 6.07) is 0.715. The van der Waals surface area contributed by atoms with Crippen molar-refractivity contribution in [3.63, 3.8) is 0 Å². The van der Waals surface area contributed by atoms with Crippen molar-refractivity contribution >= 4 is 22.4 Å². The van der Waals surface area contributed by atoms with E-state index in [-0.39, 0.29) is 39.7 Å². The number of methoxy groups -OCH3 is 1. The maximum atomic E-state index is 16.0. The third-order valence-corrected chi connectivity index (χ3v) is 6.81. The minimum atomic E-state index is -3.50. The number of nitrogens with two attached hydrogens (primary N) is 2. The lowest BCUT2D eigenvalue weighted by Gasteiger charge is -2.41. The standard InChI is InChI=1S/C25H30F4N6O2/c1-6-25(28,29)16-12(3)17(26)14(30)9-13(16)19-18(27)20-15(21(31)35-23(34-20)36-5)22(33-19)37-11(2)10-24(4)7-8-32-24/h9,11,32H,6-8,10,30H2,1-5H3,(H2,31,34,35). The fourth-order valence-electron chi connectivity index (χ4n) is 4.75. The van der Waals surface area contributed by atoms with E-state index in [2.05, 4.69) is 20.3 Å². The monoisotopic (exact) mass is 522 g/mol. The first-order chi connectivity index (χ1) is 17.3. The minimum absolute atomic E-state index is 0.0313. The predicted molar refractivity (Wildman–Crippen MR) is 133 cm³/mol. The average molecular weight is 523 g/mol. The second kappa shape index (κ2) is 9.47. The normalized spacial score (nSPS) is 18.5. The number of hydrogen-bond acceptors (Lipinski definition) is 8. The van der Waals surface area contributed by atoms with Crippen LogP contribution in [0.2, 0.25) is 0 Å². The maximum Gasteiger partial charge on any atom is 0.318 e. The van der Waals surface area contributed by atoms with Crippen molar-refractivity contribution in [1.82, 2.24) is 20.3 Å². The Bertz CT molecular complexity index is 1360. The molecular weight excluding hydrogens is 492 g/mol. The number of benzene rings is 1. The number of nitrogens with zero attached hydrogens (tertiary/aromatic N) is 3. The molecule has 200 valence electrons. The molecule has 0 radical (unpaired) electrons. The van der Waals surface area contributed by atoms with Crippen LogP contribution in [0.4, 0.5) is 29.1 Å². The van der Waals surface area contributed by atoms with Crippen molar-refractivity contribution in [2.75, 3.05) is 25.1 Å². The van der Waals surface area contributed by atoms with Gasteiger partial charge in [-0.2, -0.15) is 9.97 Å². The molecule has 5 N–H and O–H groups in total. The highest BCUT2D eigenvalue weighted by Crippen LogP contribution is 2.45. The fraction of sp³-hybridized carbons (Fsp3) is 0.480. The Morgan fingerprint density at radius 1 is 1.19 bits per heavy atom. The van der Waals surface area contributed by atoms with Gasteiger partial charge in [0.2, 0.25) is 5.88 Å². The van der Waals surface area contributed by atoms with Gasteiger partial charge in [0, 0.05) is 29.5 Å². The van der Waals surface area contributed by atoms with Crippen LogP contribution in [-0.2, 0) is 5.92 Å². The Kier molecular flexibility index (Phi) is 6.82. The Labute approximate surface area is 211 Å². The van der Waals surface area contributed by atoms with Crippen LogP contribution in [0, 0.1) is 18.6 Å². The third kappa shape index (κ3) is 4.70. The van der Waals surface area contributed by atoms with Crippen LogP contribution in [-0.4, -0.2) is 40.2 Å². The van der Waals surface area contributed by atoms with Crippen molar-refractivity contribution in [1.29, 1.82) is 0 Å². The van der Waals surface area contributed by atoms with E-state index < -0.39 is 52.6 Å². The molecular formula is C25H30F4N6O2. The van der Waals surface area contributed by atoms with Gasteiger partial charge < -0.3 is 26.3 Å². The number of aromatic nitrogens is 3. The van der Waals surface area contributed by atoms with Crippen LogP contribution >= 0.6 is 0 Å². The van der Waals surface area contributed by atoms with Crippen LogP contribution in [0.5, 0.6) is 11.9 Å². The Morgan fingerprint density at radius 2 is 1.86 bits per heavy atom. The number of alkyl halides is 2. The molecule has 12 heteroatoms. The van der Waals surface area contributed by atoms with E-state index in [0.717, 1.165) is 19.0 Å². The van der Waals surface area contributed by atoms with E-state index in [0.29, 0.717) is 6.42 Å². The molecule has 8 nitrogen and oxygen atoms in total. The summed E-state index contributed by atoms with van der Waals surface area (Å²) in [6.07, 6.45) is 0.440. The predicted octanol–water partition coefficient (Wildman–Crippen LogP) is 4.86. The molecule has 4 rings (SSSR count). The third-order valence-electron chi connectivity index (χ3n) is 6.81. The van der Waals surface area contributed by atoms with Crippen LogP contribution < -0.4 is 26.3 Å². The number of ether oxygens (including phenoxy) is 2. The van der Waals surface area contributed by atoms with Crippen molar-refractivity contribution in [2.45, 2.75) is 64.5 Å². The summed E-state index contributed by atoms with van der Waals surface area (Å²) in [6.45, 7) is 7.14. The van der Waals surface area contributed by atoms with E-state index in [1.165, 1.54) is 21.0 Å². The molecule has 2 aromatic heterocycles. The molecule has 2 unspecified atom stereocenters. The Morgan fingerprint density at radius 3 is 2.43 bits per heavy atom. The molecule has 1 saturated heterocycles. The van der Waals surface area contributed by atoms with Crippen molar-refractivity contribution < 1.29 is 27.0 Å². The number of rotatable bonds is 8. The van der Waals surface area contributed by atoms with Crippen LogP contribution in [0.15, 0.2) is 6.07 Å². The van der Waals surface area contributed by atoms with Crippen LogP contribution in [0.25, 0.3) is 22.2 Å². The molecule has 0 bridgehead atoms. The average Bonchev–Trinajstić information content (AvgIpc) is 2.82. The van der Waals surface area contributed by atoms with E-state index >= 15 is 13.2 Å². The SMILES string of the molecule is CCC(F)(F)c1c(-c2nc(OC(C)CC3(C)CCN3)c3c(N)nc(OC)nc3c2F)cc(N)c(F)c1C. The molecule has 3 aromatic rings. The molecule has 0 amide bonds.